The molecule has 0 fully saturated rings. The minimum absolute atomic E-state index is 0.0733. The van der Waals surface area contributed by atoms with E-state index in [-0.39, 0.29) is 5.78 Å². The first-order valence-electron chi connectivity index (χ1n) is 3.59. The lowest BCUT2D eigenvalue weighted by molar-refractivity contribution is 0.101. The number of Topliss-reactive ketones (excluding diaryl/α,β-unsaturated/α-hetero) is 1. The second-order valence-electron chi connectivity index (χ2n) is 2.72. The van der Waals surface area contributed by atoms with Crippen molar-refractivity contribution in [3.8, 4) is 0 Å². The standard InChI is InChI=1S/C9H10INO/c1-5-3-4-7(11)9(10)8(5)6(2)12/h3-4H,11H2,1-2H3. The zero-order valence-corrected chi connectivity index (χ0v) is 9.18. The van der Waals surface area contributed by atoms with Crippen molar-refractivity contribution >= 4 is 34.1 Å². The Bertz CT molecular complexity index is 334. The molecule has 2 nitrogen and oxygen atoms in total. The summed E-state index contributed by atoms with van der Waals surface area (Å²) in [6.45, 7) is 3.47. The van der Waals surface area contributed by atoms with Gasteiger partial charge in [0.15, 0.2) is 5.78 Å². The van der Waals surface area contributed by atoms with Crippen molar-refractivity contribution in [2.45, 2.75) is 13.8 Å². The van der Waals surface area contributed by atoms with Crippen molar-refractivity contribution in [1.29, 1.82) is 0 Å². The predicted molar refractivity (Wildman–Crippen MR) is 58.3 cm³/mol. The lowest BCUT2D eigenvalue weighted by Gasteiger charge is -2.06. The van der Waals surface area contributed by atoms with Gasteiger partial charge in [-0.05, 0) is 48.1 Å². The van der Waals surface area contributed by atoms with Crippen LogP contribution in [0.3, 0.4) is 0 Å². The molecular weight excluding hydrogens is 265 g/mol. The number of anilines is 1. The van der Waals surface area contributed by atoms with E-state index in [1.807, 2.05) is 19.1 Å². The van der Waals surface area contributed by atoms with E-state index in [0.29, 0.717) is 5.69 Å². The third-order valence-electron chi connectivity index (χ3n) is 1.73. The molecule has 0 aliphatic heterocycles. The molecule has 2 N–H and O–H groups in total. The van der Waals surface area contributed by atoms with Crippen LogP contribution >= 0.6 is 22.6 Å². The molecule has 0 saturated carbocycles. The van der Waals surface area contributed by atoms with Crippen LogP contribution in [0, 0.1) is 10.5 Å². The predicted octanol–water partition coefficient (Wildman–Crippen LogP) is 2.38. The van der Waals surface area contributed by atoms with Crippen LogP contribution in [0.2, 0.25) is 0 Å². The summed E-state index contributed by atoms with van der Waals surface area (Å²) in [5.41, 5.74) is 8.07. The molecule has 64 valence electrons. The smallest absolute Gasteiger partial charge is 0.161 e. The second-order valence-corrected chi connectivity index (χ2v) is 3.80. The fraction of sp³-hybridized carbons (Fsp3) is 0.222. The van der Waals surface area contributed by atoms with Crippen molar-refractivity contribution in [3.63, 3.8) is 0 Å². The number of aryl methyl sites for hydroxylation is 1. The van der Waals surface area contributed by atoms with E-state index in [9.17, 15) is 4.79 Å². The number of rotatable bonds is 1. The van der Waals surface area contributed by atoms with Crippen LogP contribution in [0.4, 0.5) is 5.69 Å². The first-order chi connectivity index (χ1) is 5.54. The van der Waals surface area contributed by atoms with Crippen LogP contribution in [-0.2, 0) is 0 Å². The van der Waals surface area contributed by atoms with Gasteiger partial charge in [0.1, 0.15) is 0 Å². The van der Waals surface area contributed by atoms with Gasteiger partial charge in [0.05, 0.1) is 0 Å². The molecule has 0 heterocycles. The highest BCUT2D eigenvalue weighted by molar-refractivity contribution is 14.1. The molecule has 3 heteroatoms. The third-order valence-corrected chi connectivity index (χ3v) is 2.89. The number of carbonyl (C=O) groups is 1. The lowest BCUT2D eigenvalue weighted by Crippen LogP contribution is -2.02. The number of nitrogen functional groups attached to an aromatic ring is 1. The fourth-order valence-electron chi connectivity index (χ4n) is 1.12. The first-order valence-corrected chi connectivity index (χ1v) is 4.67. The largest absolute Gasteiger partial charge is 0.398 e. The number of nitrogens with two attached hydrogens (primary N) is 1. The summed E-state index contributed by atoms with van der Waals surface area (Å²) in [5.74, 6) is 0.0733. The van der Waals surface area contributed by atoms with Crippen LogP contribution in [-0.4, -0.2) is 5.78 Å². The molecule has 1 aromatic rings. The zero-order valence-electron chi connectivity index (χ0n) is 7.02. The Hall–Kier alpha value is -0.580. The van der Waals surface area contributed by atoms with Crippen LogP contribution < -0.4 is 5.73 Å². The monoisotopic (exact) mass is 275 g/mol. The minimum Gasteiger partial charge on any atom is -0.398 e. The normalized spacial score (nSPS) is 9.92. The van der Waals surface area contributed by atoms with Gasteiger partial charge in [-0.25, -0.2) is 0 Å². The van der Waals surface area contributed by atoms with Crippen molar-refractivity contribution < 1.29 is 4.79 Å². The van der Waals surface area contributed by atoms with Crippen molar-refractivity contribution in [2.24, 2.45) is 0 Å². The zero-order chi connectivity index (χ0) is 9.30. The van der Waals surface area contributed by atoms with Gasteiger partial charge < -0.3 is 5.73 Å². The lowest BCUT2D eigenvalue weighted by atomic mass is 10.1. The van der Waals surface area contributed by atoms with E-state index in [0.717, 1.165) is 14.7 Å². The van der Waals surface area contributed by atoms with Crippen LogP contribution in [0.25, 0.3) is 0 Å². The quantitative estimate of drug-likeness (QED) is 0.486. The Morgan fingerprint density at radius 3 is 2.50 bits per heavy atom. The maximum Gasteiger partial charge on any atom is 0.161 e. The van der Waals surface area contributed by atoms with Gasteiger partial charge in [-0.1, -0.05) is 6.07 Å². The molecule has 0 aliphatic carbocycles. The average Bonchev–Trinajstić information content (AvgIpc) is 1.97. The molecule has 0 spiro atoms. The Morgan fingerprint density at radius 1 is 1.50 bits per heavy atom. The molecule has 12 heavy (non-hydrogen) atoms. The summed E-state index contributed by atoms with van der Waals surface area (Å²) < 4.78 is 0.861. The molecule has 0 atom stereocenters. The Kier molecular flexibility index (Phi) is 2.72. The number of carbonyl (C=O) groups excluding carboxylic acids is 1. The maximum absolute atomic E-state index is 11.2. The number of hydrogen-bond acceptors (Lipinski definition) is 2. The van der Waals surface area contributed by atoms with Gasteiger partial charge in [0.25, 0.3) is 0 Å². The SMILES string of the molecule is CC(=O)c1c(C)ccc(N)c1I. The topological polar surface area (TPSA) is 43.1 Å². The molecule has 0 aromatic heterocycles. The Balaban J connectivity index is 3.43. The van der Waals surface area contributed by atoms with Crippen molar-refractivity contribution in [2.75, 3.05) is 5.73 Å². The minimum atomic E-state index is 0.0733. The van der Waals surface area contributed by atoms with Gasteiger partial charge in [-0.15, -0.1) is 0 Å². The molecule has 0 radical (unpaired) electrons. The Labute approximate surface area is 85.3 Å². The van der Waals surface area contributed by atoms with E-state index in [4.69, 9.17) is 5.73 Å². The molecule has 0 amide bonds. The molecular formula is C9H10INO. The number of ketones is 1. The highest BCUT2D eigenvalue weighted by Gasteiger charge is 2.10. The summed E-state index contributed by atoms with van der Waals surface area (Å²) in [5, 5.41) is 0. The summed E-state index contributed by atoms with van der Waals surface area (Å²) in [6.07, 6.45) is 0. The van der Waals surface area contributed by atoms with E-state index in [2.05, 4.69) is 22.6 Å². The van der Waals surface area contributed by atoms with Crippen molar-refractivity contribution in [3.05, 3.63) is 26.8 Å². The number of hydrogen-bond donors (Lipinski definition) is 1. The highest BCUT2D eigenvalue weighted by Crippen LogP contribution is 2.22. The second kappa shape index (κ2) is 3.43. The van der Waals surface area contributed by atoms with E-state index >= 15 is 0 Å². The Morgan fingerprint density at radius 2 is 2.08 bits per heavy atom. The maximum atomic E-state index is 11.2. The van der Waals surface area contributed by atoms with Gasteiger partial charge in [0, 0.05) is 14.8 Å². The molecule has 0 saturated heterocycles. The van der Waals surface area contributed by atoms with E-state index in [1.165, 1.54) is 0 Å². The average molecular weight is 275 g/mol. The van der Waals surface area contributed by atoms with Crippen LogP contribution in [0.15, 0.2) is 12.1 Å². The highest BCUT2D eigenvalue weighted by atomic mass is 127. The van der Waals surface area contributed by atoms with Gasteiger partial charge >= 0.3 is 0 Å². The molecule has 1 rings (SSSR count). The summed E-state index contributed by atoms with van der Waals surface area (Å²) >= 11 is 2.10. The van der Waals surface area contributed by atoms with Crippen molar-refractivity contribution in [1.82, 2.24) is 0 Å². The molecule has 1 aromatic carbocycles. The van der Waals surface area contributed by atoms with Gasteiger partial charge in [-0.3, -0.25) is 4.79 Å². The van der Waals surface area contributed by atoms with E-state index in [1.54, 1.807) is 6.92 Å². The third kappa shape index (κ3) is 1.60. The first kappa shape index (κ1) is 9.51. The van der Waals surface area contributed by atoms with Crippen LogP contribution in [0.5, 0.6) is 0 Å². The molecule has 0 unspecified atom stereocenters. The summed E-state index contributed by atoms with van der Waals surface area (Å²) in [4.78, 5) is 11.2. The van der Waals surface area contributed by atoms with Crippen LogP contribution in [0.1, 0.15) is 22.8 Å². The van der Waals surface area contributed by atoms with Gasteiger partial charge in [0.2, 0.25) is 0 Å². The van der Waals surface area contributed by atoms with Gasteiger partial charge in [-0.2, -0.15) is 0 Å². The summed E-state index contributed by atoms with van der Waals surface area (Å²) in [6, 6.07) is 3.69. The molecule has 0 bridgehead atoms. The van der Waals surface area contributed by atoms with E-state index < -0.39 is 0 Å². The number of benzene rings is 1. The number of halogens is 1. The summed E-state index contributed by atoms with van der Waals surface area (Å²) in [7, 11) is 0. The molecule has 0 aliphatic rings. The fourth-order valence-corrected chi connectivity index (χ4v) is 2.11.